The monoisotopic (exact) mass is 220 g/mol. The molecular formula is C13H20N2O. The van der Waals surface area contributed by atoms with E-state index in [0.717, 1.165) is 17.5 Å². The first-order chi connectivity index (χ1) is 7.43. The smallest absolute Gasteiger partial charge is 0.152 e. The Morgan fingerprint density at radius 1 is 1.31 bits per heavy atom. The number of hydrogen-bond donors (Lipinski definition) is 2. The molecule has 3 heteroatoms. The van der Waals surface area contributed by atoms with Crippen LogP contribution >= 0.6 is 0 Å². The molecule has 0 saturated carbocycles. The third-order valence-corrected chi connectivity index (χ3v) is 2.59. The predicted octanol–water partition coefficient (Wildman–Crippen LogP) is 1.38. The van der Waals surface area contributed by atoms with E-state index in [2.05, 4.69) is 0 Å². The van der Waals surface area contributed by atoms with E-state index in [4.69, 9.17) is 11.5 Å². The number of carbonyl (C=O) groups is 1. The summed E-state index contributed by atoms with van der Waals surface area (Å²) in [4.78, 5) is 11.6. The zero-order chi connectivity index (χ0) is 12.2. The second-order valence-corrected chi connectivity index (χ2v) is 4.67. The highest BCUT2D eigenvalue weighted by atomic mass is 16.1. The van der Waals surface area contributed by atoms with Crippen molar-refractivity contribution < 1.29 is 4.79 Å². The molecule has 0 saturated heterocycles. The fourth-order valence-corrected chi connectivity index (χ4v) is 1.49. The van der Waals surface area contributed by atoms with Crippen LogP contribution in [-0.4, -0.2) is 11.3 Å². The zero-order valence-electron chi connectivity index (χ0n) is 9.99. The van der Waals surface area contributed by atoms with Crippen molar-refractivity contribution in [1.82, 2.24) is 0 Å². The number of rotatable bonds is 5. The first-order valence-corrected chi connectivity index (χ1v) is 5.53. The van der Waals surface area contributed by atoms with Gasteiger partial charge in [-0.05, 0) is 31.4 Å². The SMILES string of the molecule is CC(C)(N)C(=O)CCc1cccc(CN)c1. The number of Topliss-reactive ketones (excluding diaryl/α,β-unsaturated/α-hetero) is 1. The van der Waals surface area contributed by atoms with E-state index in [-0.39, 0.29) is 5.78 Å². The topological polar surface area (TPSA) is 69.1 Å². The number of aryl methyl sites for hydroxylation is 1. The van der Waals surface area contributed by atoms with Crippen LogP contribution in [-0.2, 0) is 17.8 Å². The summed E-state index contributed by atoms with van der Waals surface area (Å²) in [6.07, 6.45) is 1.21. The van der Waals surface area contributed by atoms with Crippen molar-refractivity contribution in [2.75, 3.05) is 0 Å². The summed E-state index contributed by atoms with van der Waals surface area (Å²) in [6, 6.07) is 8.00. The van der Waals surface area contributed by atoms with Crippen molar-refractivity contribution >= 4 is 5.78 Å². The number of benzene rings is 1. The fourth-order valence-electron chi connectivity index (χ4n) is 1.49. The van der Waals surface area contributed by atoms with Gasteiger partial charge in [0.1, 0.15) is 0 Å². The van der Waals surface area contributed by atoms with Gasteiger partial charge in [0.15, 0.2) is 5.78 Å². The molecule has 1 rings (SSSR count). The molecule has 88 valence electrons. The lowest BCUT2D eigenvalue weighted by Gasteiger charge is -2.16. The quantitative estimate of drug-likeness (QED) is 0.787. The fraction of sp³-hybridized carbons (Fsp3) is 0.462. The van der Waals surface area contributed by atoms with E-state index in [1.807, 2.05) is 24.3 Å². The molecule has 4 N–H and O–H groups in total. The van der Waals surface area contributed by atoms with E-state index in [0.29, 0.717) is 13.0 Å². The Kier molecular flexibility index (Phi) is 4.21. The highest BCUT2D eigenvalue weighted by Crippen LogP contribution is 2.10. The molecule has 0 fully saturated rings. The number of hydrogen-bond acceptors (Lipinski definition) is 3. The Balaban J connectivity index is 2.58. The van der Waals surface area contributed by atoms with E-state index >= 15 is 0 Å². The average Bonchev–Trinajstić information content (AvgIpc) is 2.25. The Morgan fingerprint density at radius 3 is 2.50 bits per heavy atom. The second-order valence-electron chi connectivity index (χ2n) is 4.67. The van der Waals surface area contributed by atoms with Gasteiger partial charge < -0.3 is 11.5 Å². The zero-order valence-corrected chi connectivity index (χ0v) is 9.99. The van der Waals surface area contributed by atoms with Gasteiger partial charge in [-0.2, -0.15) is 0 Å². The van der Waals surface area contributed by atoms with Crippen LogP contribution in [0.15, 0.2) is 24.3 Å². The van der Waals surface area contributed by atoms with Crippen LogP contribution in [0.4, 0.5) is 0 Å². The van der Waals surface area contributed by atoms with E-state index in [9.17, 15) is 4.79 Å². The molecule has 0 amide bonds. The Hall–Kier alpha value is -1.19. The van der Waals surface area contributed by atoms with Crippen LogP contribution in [0.2, 0.25) is 0 Å². The van der Waals surface area contributed by atoms with Crippen molar-refractivity contribution in [3.8, 4) is 0 Å². The largest absolute Gasteiger partial charge is 0.326 e. The summed E-state index contributed by atoms with van der Waals surface area (Å²) in [5.74, 6) is 0.0886. The summed E-state index contributed by atoms with van der Waals surface area (Å²) < 4.78 is 0. The van der Waals surface area contributed by atoms with Crippen molar-refractivity contribution in [1.29, 1.82) is 0 Å². The van der Waals surface area contributed by atoms with Crippen molar-refractivity contribution in [2.45, 2.75) is 38.8 Å². The first-order valence-electron chi connectivity index (χ1n) is 5.53. The van der Waals surface area contributed by atoms with Gasteiger partial charge in [-0.3, -0.25) is 4.79 Å². The van der Waals surface area contributed by atoms with Crippen molar-refractivity contribution in [3.05, 3.63) is 35.4 Å². The standard InChI is InChI=1S/C13H20N2O/c1-13(2,15)12(16)7-6-10-4-3-5-11(8-10)9-14/h3-5,8H,6-7,9,14-15H2,1-2H3. The lowest BCUT2D eigenvalue weighted by Crippen LogP contribution is -2.41. The minimum Gasteiger partial charge on any atom is -0.326 e. The number of carbonyl (C=O) groups excluding carboxylic acids is 1. The lowest BCUT2D eigenvalue weighted by molar-refractivity contribution is -0.123. The maximum absolute atomic E-state index is 11.6. The summed E-state index contributed by atoms with van der Waals surface area (Å²) >= 11 is 0. The molecule has 16 heavy (non-hydrogen) atoms. The van der Waals surface area contributed by atoms with E-state index in [1.165, 1.54) is 0 Å². The molecule has 0 unspecified atom stereocenters. The van der Waals surface area contributed by atoms with Gasteiger partial charge >= 0.3 is 0 Å². The molecule has 0 heterocycles. The van der Waals surface area contributed by atoms with Gasteiger partial charge in [0.2, 0.25) is 0 Å². The predicted molar refractivity (Wildman–Crippen MR) is 65.9 cm³/mol. The van der Waals surface area contributed by atoms with E-state index < -0.39 is 5.54 Å². The van der Waals surface area contributed by atoms with Gasteiger partial charge in [0.25, 0.3) is 0 Å². The van der Waals surface area contributed by atoms with Crippen LogP contribution in [0.1, 0.15) is 31.4 Å². The third kappa shape index (κ3) is 3.76. The molecule has 1 aromatic carbocycles. The highest BCUT2D eigenvalue weighted by Gasteiger charge is 2.20. The van der Waals surface area contributed by atoms with Gasteiger partial charge in [0.05, 0.1) is 5.54 Å². The van der Waals surface area contributed by atoms with Gasteiger partial charge in [0, 0.05) is 13.0 Å². The normalized spacial score (nSPS) is 11.5. The van der Waals surface area contributed by atoms with Crippen LogP contribution in [0, 0.1) is 0 Å². The molecule has 0 bridgehead atoms. The maximum Gasteiger partial charge on any atom is 0.152 e. The Labute approximate surface area is 96.8 Å². The third-order valence-electron chi connectivity index (χ3n) is 2.59. The molecule has 1 aromatic rings. The first kappa shape index (κ1) is 12.9. The van der Waals surface area contributed by atoms with Gasteiger partial charge in [-0.25, -0.2) is 0 Å². The summed E-state index contributed by atoms with van der Waals surface area (Å²) in [6.45, 7) is 4.02. The molecule has 0 radical (unpaired) electrons. The summed E-state index contributed by atoms with van der Waals surface area (Å²) in [5, 5.41) is 0. The molecule has 0 atom stereocenters. The Bertz CT molecular complexity index is 366. The van der Waals surface area contributed by atoms with Crippen LogP contribution in [0.3, 0.4) is 0 Å². The van der Waals surface area contributed by atoms with Crippen molar-refractivity contribution in [2.24, 2.45) is 11.5 Å². The van der Waals surface area contributed by atoms with Crippen LogP contribution in [0.25, 0.3) is 0 Å². The van der Waals surface area contributed by atoms with Gasteiger partial charge in [-0.1, -0.05) is 24.3 Å². The summed E-state index contributed by atoms with van der Waals surface area (Å²) in [5.41, 5.74) is 12.8. The summed E-state index contributed by atoms with van der Waals surface area (Å²) in [7, 11) is 0. The maximum atomic E-state index is 11.6. The van der Waals surface area contributed by atoms with Crippen LogP contribution in [0.5, 0.6) is 0 Å². The molecule has 0 aliphatic carbocycles. The minimum absolute atomic E-state index is 0.0886. The molecule has 3 nitrogen and oxygen atoms in total. The number of ketones is 1. The lowest BCUT2D eigenvalue weighted by atomic mass is 9.95. The molecule has 0 aliphatic heterocycles. The molecule has 0 aliphatic rings. The van der Waals surface area contributed by atoms with Crippen LogP contribution < -0.4 is 11.5 Å². The number of nitrogens with two attached hydrogens (primary N) is 2. The van der Waals surface area contributed by atoms with E-state index in [1.54, 1.807) is 13.8 Å². The molecular weight excluding hydrogens is 200 g/mol. The molecule has 0 aromatic heterocycles. The minimum atomic E-state index is -0.731. The van der Waals surface area contributed by atoms with Gasteiger partial charge in [-0.15, -0.1) is 0 Å². The highest BCUT2D eigenvalue weighted by molar-refractivity contribution is 5.87. The average molecular weight is 220 g/mol. The molecule has 0 spiro atoms. The van der Waals surface area contributed by atoms with Crippen molar-refractivity contribution in [3.63, 3.8) is 0 Å². The Morgan fingerprint density at radius 2 is 1.94 bits per heavy atom. The second kappa shape index (κ2) is 5.23.